The molecule has 0 unspecified atom stereocenters. The van der Waals surface area contributed by atoms with Crippen LogP contribution in [0.5, 0.6) is 0 Å². The van der Waals surface area contributed by atoms with Gasteiger partial charge < -0.3 is 52.1 Å². The van der Waals surface area contributed by atoms with Crippen molar-refractivity contribution in [1.82, 2.24) is 0 Å². The van der Waals surface area contributed by atoms with Crippen LogP contribution < -0.4 is 0 Å². The molecule has 0 aliphatic rings. The smallest absolute Gasteiger partial charge is 0.338 e. The standard InChI is InChI=1S/C32H54O13/c1-32(2,3)45-30(33)9-10-35-11-12-36-13-14-37-15-16-38-17-18-39-19-20-40-21-22-41-23-24-42-25-26-43-27-28-44-31(34)29-7-5-4-6-8-29/h4-8H,9-28H2,1-3H3. The largest absolute Gasteiger partial charge is 0.460 e. The van der Waals surface area contributed by atoms with Crippen molar-refractivity contribution < 1.29 is 61.7 Å². The minimum absolute atomic E-state index is 0.198. The molecule has 45 heavy (non-hydrogen) atoms. The van der Waals surface area contributed by atoms with Gasteiger partial charge >= 0.3 is 11.9 Å². The van der Waals surface area contributed by atoms with Gasteiger partial charge in [-0.05, 0) is 32.9 Å². The van der Waals surface area contributed by atoms with Crippen LogP contribution in [0.2, 0.25) is 0 Å². The Labute approximate surface area is 267 Å². The van der Waals surface area contributed by atoms with Gasteiger partial charge in [0.05, 0.1) is 131 Å². The summed E-state index contributed by atoms with van der Waals surface area (Å²) in [5.74, 6) is -0.628. The summed E-state index contributed by atoms with van der Waals surface area (Å²) < 4.78 is 59.2. The molecule has 0 aliphatic heterocycles. The first kappa shape index (κ1) is 40.8. The lowest BCUT2D eigenvalue weighted by atomic mass is 10.2. The zero-order valence-electron chi connectivity index (χ0n) is 27.3. The Morgan fingerprint density at radius 1 is 0.467 bits per heavy atom. The highest BCUT2D eigenvalue weighted by Gasteiger charge is 2.15. The Hall–Kier alpha value is -2.20. The fourth-order valence-electron chi connectivity index (χ4n) is 3.26. The van der Waals surface area contributed by atoms with E-state index in [1.165, 1.54) is 0 Å². The summed E-state index contributed by atoms with van der Waals surface area (Å²) in [5.41, 5.74) is 0.0458. The van der Waals surface area contributed by atoms with Gasteiger partial charge in [-0.25, -0.2) is 4.79 Å². The van der Waals surface area contributed by atoms with Crippen molar-refractivity contribution >= 4 is 11.9 Å². The van der Waals surface area contributed by atoms with Crippen molar-refractivity contribution in [2.45, 2.75) is 32.8 Å². The maximum Gasteiger partial charge on any atom is 0.338 e. The maximum atomic E-state index is 11.8. The Balaban J connectivity index is 1.66. The van der Waals surface area contributed by atoms with E-state index < -0.39 is 5.60 Å². The van der Waals surface area contributed by atoms with Gasteiger partial charge in [0.1, 0.15) is 12.2 Å². The average molecular weight is 647 g/mol. The highest BCUT2D eigenvalue weighted by molar-refractivity contribution is 5.89. The van der Waals surface area contributed by atoms with E-state index in [1.54, 1.807) is 24.3 Å². The monoisotopic (exact) mass is 646 g/mol. The maximum absolute atomic E-state index is 11.8. The van der Waals surface area contributed by atoms with Crippen LogP contribution in [0.15, 0.2) is 30.3 Å². The normalized spacial score (nSPS) is 11.5. The first-order valence-electron chi connectivity index (χ1n) is 15.5. The summed E-state index contributed by atoms with van der Waals surface area (Å²) >= 11 is 0. The first-order valence-corrected chi connectivity index (χ1v) is 15.5. The van der Waals surface area contributed by atoms with E-state index in [0.717, 1.165) is 0 Å². The van der Waals surface area contributed by atoms with Crippen LogP contribution in [0.4, 0.5) is 0 Å². The van der Waals surface area contributed by atoms with Gasteiger partial charge in [-0.15, -0.1) is 0 Å². The fourth-order valence-corrected chi connectivity index (χ4v) is 3.26. The number of esters is 2. The Morgan fingerprint density at radius 2 is 0.778 bits per heavy atom. The quantitative estimate of drug-likeness (QED) is 0.0865. The minimum Gasteiger partial charge on any atom is -0.460 e. The second-order valence-corrected chi connectivity index (χ2v) is 10.3. The van der Waals surface area contributed by atoms with Crippen LogP contribution in [0.25, 0.3) is 0 Å². The molecule has 1 rings (SSSR count). The molecule has 0 amide bonds. The highest BCUT2D eigenvalue weighted by Crippen LogP contribution is 2.08. The van der Waals surface area contributed by atoms with Gasteiger partial charge in [0.2, 0.25) is 0 Å². The van der Waals surface area contributed by atoms with Gasteiger partial charge in [-0.2, -0.15) is 0 Å². The van der Waals surface area contributed by atoms with Crippen molar-refractivity contribution in [1.29, 1.82) is 0 Å². The van der Waals surface area contributed by atoms with E-state index in [9.17, 15) is 9.59 Å². The molecule has 0 fully saturated rings. The predicted octanol–water partition coefficient (Wildman–Crippen LogP) is 2.72. The summed E-state index contributed by atoms with van der Waals surface area (Å²) in [5, 5.41) is 0. The number of ether oxygens (including phenoxy) is 11. The third-order valence-electron chi connectivity index (χ3n) is 5.32. The van der Waals surface area contributed by atoms with E-state index in [1.807, 2.05) is 26.8 Å². The number of hydrogen-bond donors (Lipinski definition) is 0. The summed E-state index contributed by atoms with van der Waals surface area (Å²) in [6.07, 6.45) is 0.228. The van der Waals surface area contributed by atoms with Crippen LogP contribution in [0, 0.1) is 0 Å². The highest BCUT2D eigenvalue weighted by atomic mass is 16.6. The van der Waals surface area contributed by atoms with E-state index in [-0.39, 0.29) is 25.0 Å². The second kappa shape index (κ2) is 29.2. The minimum atomic E-state index is -0.476. The molecule has 13 nitrogen and oxygen atoms in total. The number of benzene rings is 1. The molecular formula is C32H54O13. The second-order valence-electron chi connectivity index (χ2n) is 10.3. The summed E-state index contributed by atoms with van der Waals surface area (Å²) in [6, 6.07) is 8.84. The van der Waals surface area contributed by atoms with Gasteiger partial charge in [-0.1, -0.05) is 18.2 Å². The molecule has 0 saturated carbocycles. The topological polar surface area (TPSA) is 136 Å². The lowest BCUT2D eigenvalue weighted by Crippen LogP contribution is -2.24. The molecule has 1 aromatic rings. The Morgan fingerprint density at radius 3 is 1.11 bits per heavy atom. The molecule has 0 radical (unpaired) electrons. The van der Waals surface area contributed by atoms with E-state index in [2.05, 4.69) is 0 Å². The first-order chi connectivity index (χ1) is 21.9. The van der Waals surface area contributed by atoms with Gasteiger partial charge in [0.15, 0.2) is 0 Å². The van der Waals surface area contributed by atoms with Gasteiger partial charge in [0.25, 0.3) is 0 Å². The molecule has 0 spiro atoms. The van der Waals surface area contributed by atoms with E-state index in [4.69, 9.17) is 52.1 Å². The SMILES string of the molecule is CC(C)(C)OC(=O)CCOCCOCCOCCOCCOCCOCCOCCOCCOCCOC(=O)c1ccccc1. The fraction of sp³-hybridized carbons (Fsp3) is 0.750. The van der Waals surface area contributed by atoms with Crippen molar-refractivity contribution in [3.05, 3.63) is 35.9 Å². The van der Waals surface area contributed by atoms with Crippen LogP contribution in [-0.4, -0.2) is 143 Å². The van der Waals surface area contributed by atoms with Crippen molar-refractivity contribution in [3.63, 3.8) is 0 Å². The molecule has 0 heterocycles. The lowest BCUT2D eigenvalue weighted by molar-refractivity contribution is -0.156. The number of rotatable bonds is 31. The van der Waals surface area contributed by atoms with Gasteiger partial charge in [0, 0.05) is 0 Å². The molecule has 0 aromatic heterocycles. The average Bonchev–Trinajstić information content (AvgIpc) is 3.01. The molecular weight excluding hydrogens is 592 g/mol. The van der Waals surface area contributed by atoms with Crippen LogP contribution >= 0.6 is 0 Å². The number of carbonyl (C=O) groups is 2. The van der Waals surface area contributed by atoms with E-state index in [0.29, 0.717) is 124 Å². The number of carbonyl (C=O) groups excluding carboxylic acids is 2. The van der Waals surface area contributed by atoms with Gasteiger partial charge in [-0.3, -0.25) is 4.79 Å². The third kappa shape index (κ3) is 29.0. The molecule has 1 aromatic carbocycles. The molecule has 0 N–H and O–H groups in total. The molecule has 0 saturated heterocycles. The predicted molar refractivity (Wildman–Crippen MR) is 165 cm³/mol. The lowest BCUT2D eigenvalue weighted by Gasteiger charge is -2.19. The number of hydrogen-bond acceptors (Lipinski definition) is 13. The van der Waals surface area contributed by atoms with Crippen molar-refractivity contribution in [2.75, 3.05) is 126 Å². The third-order valence-corrected chi connectivity index (χ3v) is 5.32. The van der Waals surface area contributed by atoms with Crippen LogP contribution in [-0.2, 0) is 56.9 Å². The Kier molecular flexibility index (Phi) is 26.5. The van der Waals surface area contributed by atoms with Crippen molar-refractivity contribution in [3.8, 4) is 0 Å². The molecule has 0 atom stereocenters. The van der Waals surface area contributed by atoms with Crippen LogP contribution in [0.1, 0.15) is 37.6 Å². The summed E-state index contributed by atoms with van der Waals surface area (Å²) in [6.45, 7) is 13.8. The molecule has 0 bridgehead atoms. The Bertz CT molecular complexity index is 817. The molecule has 13 heteroatoms. The van der Waals surface area contributed by atoms with E-state index >= 15 is 0 Å². The molecule has 260 valence electrons. The zero-order chi connectivity index (χ0) is 32.7. The summed E-state index contributed by atoms with van der Waals surface area (Å²) in [7, 11) is 0. The zero-order valence-corrected chi connectivity index (χ0v) is 27.3. The van der Waals surface area contributed by atoms with Crippen molar-refractivity contribution in [2.24, 2.45) is 0 Å². The molecule has 0 aliphatic carbocycles. The summed E-state index contributed by atoms with van der Waals surface area (Å²) in [4.78, 5) is 23.3. The van der Waals surface area contributed by atoms with Crippen LogP contribution in [0.3, 0.4) is 0 Å².